The summed E-state index contributed by atoms with van der Waals surface area (Å²) in [6.07, 6.45) is 5.69. The van der Waals surface area contributed by atoms with Gasteiger partial charge >= 0.3 is 6.03 Å². The number of hydrogen-bond donors (Lipinski definition) is 1. The molecule has 226 valence electrons. The van der Waals surface area contributed by atoms with Gasteiger partial charge in [-0.3, -0.25) is 4.79 Å². The van der Waals surface area contributed by atoms with E-state index in [0.29, 0.717) is 49.1 Å². The summed E-state index contributed by atoms with van der Waals surface area (Å²) < 4.78 is 16.6. The number of rotatable bonds is 13. The first kappa shape index (κ1) is 31.2. The molecule has 0 unspecified atom stereocenters. The lowest BCUT2D eigenvalue weighted by atomic mass is 9.94. The number of aryl methyl sites for hydroxylation is 1. The van der Waals surface area contributed by atoms with Crippen LogP contribution in [0.5, 0.6) is 17.2 Å². The summed E-state index contributed by atoms with van der Waals surface area (Å²) in [5.74, 6) is 1.88. The van der Waals surface area contributed by atoms with E-state index >= 15 is 0 Å². The topological polar surface area (TPSA) is 80.3 Å². The van der Waals surface area contributed by atoms with Crippen LogP contribution in [0.15, 0.2) is 54.6 Å². The summed E-state index contributed by atoms with van der Waals surface area (Å²) >= 11 is 1.69. The Labute approximate surface area is 253 Å². The Morgan fingerprint density at radius 1 is 0.952 bits per heavy atom. The van der Waals surface area contributed by atoms with Gasteiger partial charge in [-0.1, -0.05) is 37.5 Å². The normalized spacial score (nSPS) is 13.3. The maximum absolute atomic E-state index is 14.0. The molecule has 8 nitrogen and oxygen atoms in total. The van der Waals surface area contributed by atoms with Crippen molar-refractivity contribution < 1.29 is 23.8 Å². The standard InChI is InChI=1S/C33H43N3O5S/c1-5-41-29-14-10-9-13-28(29)34-33(38)36(26-11-7-6-8-12-26)23-32(37)35(22-27-17-15-24(2)42-27)20-19-25-16-18-30(39-3)31(21-25)40-4/h9-10,13-18,21,26H,5-8,11-12,19-20,22-23H2,1-4H3,(H,34,38). The van der Waals surface area contributed by atoms with Crippen molar-refractivity contribution in [3.8, 4) is 17.2 Å². The first-order valence-corrected chi connectivity index (χ1v) is 15.6. The fourth-order valence-electron chi connectivity index (χ4n) is 5.39. The fourth-order valence-corrected chi connectivity index (χ4v) is 6.30. The predicted molar refractivity (Wildman–Crippen MR) is 168 cm³/mol. The van der Waals surface area contributed by atoms with Crippen LogP contribution in [0.3, 0.4) is 0 Å². The van der Waals surface area contributed by atoms with Gasteiger partial charge in [0.2, 0.25) is 5.91 Å². The highest BCUT2D eigenvalue weighted by Crippen LogP contribution is 2.29. The van der Waals surface area contributed by atoms with Gasteiger partial charge in [-0.15, -0.1) is 11.3 Å². The van der Waals surface area contributed by atoms with Gasteiger partial charge in [0.1, 0.15) is 12.3 Å². The number of urea groups is 1. The van der Waals surface area contributed by atoms with E-state index in [1.807, 2.05) is 54.3 Å². The van der Waals surface area contributed by atoms with Crippen molar-refractivity contribution in [3.05, 3.63) is 69.9 Å². The van der Waals surface area contributed by atoms with E-state index in [0.717, 1.165) is 42.5 Å². The lowest BCUT2D eigenvalue weighted by Crippen LogP contribution is -2.49. The third-order valence-corrected chi connectivity index (χ3v) is 8.61. The number of hydrogen-bond acceptors (Lipinski definition) is 6. The number of amides is 3. The predicted octanol–water partition coefficient (Wildman–Crippen LogP) is 6.91. The molecule has 2 aromatic carbocycles. The Kier molecular flexibility index (Phi) is 11.5. The number of methoxy groups -OCH3 is 2. The van der Waals surface area contributed by atoms with E-state index in [1.165, 1.54) is 4.88 Å². The number of benzene rings is 2. The number of carbonyl (C=O) groups excluding carboxylic acids is 2. The van der Waals surface area contributed by atoms with Gasteiger partial charge in [-0.2, -0.15) is 0 Å². The second-order valence-electron chi connectivity index (χ2n) is 10.5. The highest BCUT2D eigenvalue weighted by Gasteiger charge is 2.30. The average Bonchev–Trinajstić information content (AvgIpc) is 3.43. The van der Waals surface area contributed by atoms with Gasteiger partial charge in [-0.25, -0.2) is 4.79 Å². The molecule has 3 amide bonds. The minimum absolute atomic E-state index is 0.0126. The van der Waals surface area contributed by atoms with Crippen molar-refractivity contribution in [2.45, 2.75) is 65.0 Å². The summed E-state index contributed by atoms with van der Waals surface area (Å²) in [5.41, 5.74) is 1.65. The Morgan fingerprint density at radius 3 is 2.40 bits per heavy atom. The second-order valence-corrected chi connectivity index (χ2v) is 11.9. The smallest absolute Gasteiger partial charge is 0.322 e. The van der Waals surface area contributed by atoms with Crippen molar-refractivity contribution in [3.63, 3.8) is 0 Å². The molecule has 0 aliphatic heterocycles. The zero-order chi connectivity index (χ0) is 29.9. The monoisotopic (exact) mass is 593 g/mol. The van der Waals surface area contributed by atoms with Crippen LogP contribution in [0.2, 0.25) is 0 Å². The van der Waals surface area contributed by atoms with Crippen LogP contribution >= 0.6 is 11.3 Å². The van der Waals surface area contributed by atoms with Gasteiger partial charge in [0.15, 0.2) is 11.5 Å². The molecule has 0 spiro atoms. The lowest BCUT2D eigenvalue weighted by molar-refractivity contribution is -0.132. The Hall–Kier alpha value is -3.72. The summed E-state index contributed by atoms with van der Waals surface area (Å²) in [5, 5.41) is 3.04. The van der Waals surface area contributed by atoms with Gasteiger partial charge in [0.05, 0.1) is 33.1 Å². The molecule has 1 heterocycles. The largest absolute Gasteiger partial charge is 0.493 e. The molecule has 0 atom stereocenters. The zero-order valence-electron chi connectivity index (χ0n) is 25.2. The van der Waals surface area contributed by atoms with Crippen LogP contribution in [-0.2, 0) is 17.8 Å². The highest BCUT2D eigenvalue weighted by atomic mass is 32.1. The van der Waals surface area contributed by atoms with Crippen molar-refractivity contribution in [2.24, 2.45) is 0 Å². The third kappa shape index (κ3) is 8.41. The van der Waals surface area contributed by atoms with Crippen molar-refractivity contribution in [1.29, 1.82) is 0 Å². The summed E-state index contributed by atoms with van der Waals surface area (Å²) in [7, 11) is 3.23. The van der Waals surface area contributed by atoms with Crippen LogP contribution in [0.1, 0.15) is 54.3 Å². The van der Waals surface area contributed by atoms with E-state index in [9.17, 15) is 9.59 Å². The van der Waals surface area contributed by atoms with E-state index < -0.39 is 0 Å². The molecule has 42 heavy (non-hydrogen) atoms. The zero-order valence-corrected chi connectivity index (χ0v) is 26.0. The van der Waals surface area contributed by atoms with E-state index in [-0.39, 0.29) is 24.5 Å². The summed E-state index contributed by atoms with van der Waals surface area (Å²) in [6.45, 7) is 5.51. The molecule has 4 rings (SSSR count). The molecular formula is C33H43N3O5S. The van der Waals surface area contributed by atoms with Gasteiger partial charge < -0.3 is 29.3 Å². The molecule has 1 fully saturated rings. The maximum atomic E-state index is 14.0. The number of nitrogens with one attached hydrogen (secondary N) is 1. The van der Waals surface area contributed by atoms with Gasteiger partial charge in [0.25, 0.3) is 0 Å². The molecular weight excluding hydrogens is 550 g/mol. The Balaban J connectivity index is 1.54. The van der Waals surface area contributed by atoms with Crippen LogP contribution in [0.4, 0.5) is 10.5 Å². The highest BCUT2D eigenvalue weighted by molar-refractivity contribution is 7.11. The molecule has 1 aromatic heterocycles. The average molecular weight is 594 g/mol. The number of anilines is 1. The molecule has 0 saturated heterocycles. The van der Waals surface area contributed by atoms with Crippen LogP contribution < -0.4 is 19.5 Å². The van der Waals surface area contributed by atoms with E-state index in [4.69, 9.17) is 14.2 Å². The minimum atomic E-state index is -0.269. The molecule has 1 aliphatic carbocycles. The number of para-hydroxylation sites is 2. The van der Waals surface area contributed by atoms with E-state index in [2.05, 4.69) is 24.4 Å². The first-order valence-electron chi connectivity index (χ1n) is 14.7. The van der Waals surface area contributed by atoms with Crippen LogP contribution in [-0.4, -0.2) is 61.7 Å². The molecule has 0 radical (unpaired) electrons. The molecule has 1 saturated carbocycles. The van der Waals surface area contributed by atoms with Gasteiger partial charge in [-0.05, 0) is 75.1 Å². The second kappa shape index (κ2) is 15.5. The number of thiophene rings is 1. The SMILES string of the molecule is CCOc1ccccc1NC(=O)N(CC(=O)N(CCc1ccc(OC)c(OC)c1)Cc1ccc(C)s1)C1CCCCC1. The van der Waals surface area contributed by atoms with Crippen molar-refractivity contribution in [2.75, 3.05) is 39.2 Å². The van der Waals surface area contributed by atoms with Crippen molar-refractivity contribution >= 4 is 29.0 Å². The Bertz CT molecular complexity index is 1320. The Morgan fingerprint density at radius 2 is 1.71 bits per heavy atom. The number of nitrogens with zero attached hydrogens (tertiary/aromatic N) is 2. The summed E-state index contributed by atoms with van der Waals surface area (Å²) in [6, 6.07) is 17.2. The molecule has 9 heteroatoms. The quantitative estimate of drug-likeness (QED) is 0.233. The fraction of sp³-hybridized carbons (Fsp3) is 0.455. The first-order chi connectivity index (χ1) is 20.4. The third-order valence-electron chi connectivity index (χ3n) is 7.62. The van der Waals surface area contributed by atoms with Crippen LogP contribution in [0, 0.1) is 6.92 Å². The molecule has 1 aliphatic rings. The minimum Gasteiger partial charge on any atom is -0.493 e. The lowest BCUT2D eigenvalue weighted by Gasteiger charge is -2.35. The van der Waals surface area contributed by atoms with Crippen LogP contribution in [0.25, 0.3) is 0 Å². The van der Waals surface area contributed by atoms with Crippen molar-refractivity contribution in [1.82, 2.24) is 9.80 Å². The summed E-state index contributed by atoms with van der Waals surface area (Å²) in [4.78, 5) is 33.7. The molecule has 1 N–H and O–H groups in total. The van der Waals surface area contributed by atoms with Gasteiger partial charge in [0, 0.05) is 22.3 Å². The molecule has 3 aromatic rings. The number of ether oxygens (including phenoxy) is 3. The molecule has 0 bridgehead atoms. The maximum Gasteiger partial charge on any atom is 0.322 e. The number of carbonyl (C=O) groups is 2. The van der Waals surface area contributed by atoms with E-state index in [1.54, 1.807) is 30.5 Å².